The first kappa shape index (κ1) is 12.3. The predicted octanol–water partition coefficient (Wildman–Crippen LogP) is 2.82. The average Bonchev–Trinajstić information content (AvgIpc) is 2.14. The second-order valence-electron chi connectivity index (χ2n) is 2.91. The minimum Gasteiger partial charge on any atom is -0.299 e. The highest BCUT2D eigenvalue weighted by molar-refractivity contribution is 9.11. The van der Waals surface area contributed by atoms with Gasteiger partial charge in [0.15, 0.2) is 0 Å². The molecule has 15 heavy (non-hydrogen) atoms. The molecule has 0 spiro atoms. The molecule has 2 N–H and O–H groups in total. The van der Waals surface area contributed by atoms with E-state index in [9.17, 15) is 4.79 Å². The van der Waals surface area contributed by atoms with Crippen LogP contribution in [-0.4, -0.2) is 5.91 Å². The molecule has 1 rings (SSSR count). The summed E-state index contributed by atoms with van der Waals surface area (Å²) < 4.78 is 1.88. The molecule has 0 bridgehead atoms. The van der Waals surface area contributed by atoms with E-state index in [1.807, 2.05) is 18.2 Å². The van der Waals surface area contributed by atoms with Crippen molar-refractivity contribution in [2.24, 2.45) is 0 Å². The topological polar surface area (TPSA) is 41.1 Å². The number of rotatable bonds is 3. The number of hydrogen-bond acceptors (Lipinski definition) is 2. The molecule has 0 aliphatic heterocycles. The van der Waals surface area contributed by atoms with Gasteiger partial charge in [0.05, 0.1) is 5.70 Å². The molecule has 0 radical (unpaired) electrons. The van der Waals surface area contributed by atoms with Crippen molar-refractivity contribution in [2.75, 3.05) is 0 Å². The highest BCUT2D eigenvalue weighted by Crippen LogP contribution is 2.25. The number of carbonyl (C=O) groups excluding carboxylic acids is 1. The van der Waals surface area contributed by atoms with Gasteiger partial charge in [0.2, 0.25) is 5.91 Å². The third kappa shape index (κ3) is 3.68. The first-order chi connectivity index (χ1) is 7.00. The van der Waals surface area contributed by atoms with Crippen LogP contribution < -0.4 is 10.9 Å². The van der Waals surface area contributed by atoms with E-state index < -0.39 is 0 Å². The second kappa shape index (κ2) is 5.32. The van der Waals surface area contributed by atoms with Crippen LogP contribution in [0.3, 0.4) is 0 Å². The fourth-order valence-corrected chi connectivity index (χ4v) is 2.25. The number of benzene rings is 1. The Labute approximate surface area is 105 Å². The summed E-state index contributed by atoms with van der Waals surface area (Å²) in [5, 5.41) is 0. The number of nitrogens with one attached hydrogen (secondary N) is 2. The van der Waals surface area contributed by atoms with Gasteiger partial charge in [-0.3, -0.25) is 15.6 Å². The van der Waals surface area contributed by atoms with Crippen LogP contribution in [-0.2, 0) is 4.79 Å². The van der Waals surface area contributed by atoms with Gasteiger partial charge in [-0.15, -0.1) is 0 Å². The third-order valence-electron chi connectivity index (χ3n) is 1.65. The molecule has 0 aromatic heterocycles. The van der Waals surface area contributed by atoms with Gasteiger partial charge in [-0.05, 0) is 12.1 Å². The van der Waals surface area contributed by atoms with Gasteiger partial charge in [0.1, 0.15) is 0 Å². The second-order valence-corrected chi connectivity index (χ2v) is 4.68. The maximum Gasteiger partial charge on any atom is 0.235 e. The van der Waals surface area contributed by atoms with Crippen LogP contribution in [0.5, 0.6) is 0 Å². The Kier molecular flexibility index (Phi) is 4.35. The van der Waals surface area contributed by atoms with E-state index in [1.54, 1.807) is 0 Å². The van der Waals surface area contributed by atoms with Crippen molar-refractivity contribution in [1.29, 1.82) is 0 Å². The zero-order valence-corrected chi connectivity index (χ0v) is 11.3. The maximum atomic E-state index is 10.7. The van der Waals surface area contributed by atoms with Crippen molar-refractivity contribution < 1.29 is 4.79 Å². The van der Waals surface area contributed by atoms with Crippen molar-refractivity contribution in [3.63, 3.8) is 0 Å². The molecule has 0 aliphatic carbocycles. The Balaban J connectivity index is 2.78. The minimum absolute atomic E-state index is 0.163. The van der Waals surface area contributed by atoms with Gasteiger partial charge < -0.3 is 0 Å². The molecule has 0 saturated carbocycles. The van der Waals surface area contributed by atoms with Crippen LogP contribution in [0.25, 0.3) is 5.70 Å². The zero-order chi connectivity index (χ0) is 11.4. The molecule has 3 nitrogen and oxygen atoms in total. The van der Waals surface area contributed by atoms with Crippen molar-refractivity contribution in [3.8, 4) is 0 Å². The van der Waals surface area contributed by atoms with E-state index in [0.29, 0.717) is 5.70 Å². The third-order valence-corrected chi connectivity index (χ3v) is 2.80. The minimum atomic E-state index is -0.163. The highest BCUT2D eigenvalue weighted by atomic mass is 79.9. The van der Waals surface area contributed by atoms with Gasteiger partial charge in [-0.2, -0.15) is 0 Å². The molecule has 1 amide bonds. The normalized spacial score (nSPS) is 9.53. The Morgan fingerprint density at radius 2 is 2.00 bits per heavy atom. The molecular formula is C10H10Br2N2O. The molecule has 1 aromatic carbocycles. The van der Waals surface area contributed by atoms with Gasteiger partial charge in [0, 0.05) is 21.4 Å². The van der Waals surface area contributed by atoms with Gasteiger partial charge in [-0.25, -0.2) is 0 Å². The molecule has 0 aliphatic rings. The monoisotopic (exact) mass is 332 g/mol. The van der Waals surface area contributed by atoms with Gasteiger partial charge >= 0.3 is 0 Å². The molecule has 1 aromatic rings. The van der Waals surface area contributed by atoms with Crippen LogP contribution in [0.1, 0.15) is 12.5 Å². The summed E-state index contributed by atoms with van der Waals surface area (Å²) in [6, 6.07) is 5.71. The van der Waals surface area contributed by atoms with Crippen molar-refractivity contribution in [3.05, 3.63) is 39.3 Å². The van der Waals surface area contributed by atoms with Crippen LogP contribution in [0.15, 0.2) is 33.7 Å². The molecule has 0 heterocycles. The molecular weight excluding hydrogens is 324 g/mol. The first-order valence-corrected chi connectivity index (χ1v) is 5.76. The number of amides is 1. The fraction of sp³-hybridized carbons (Fsp3) is 0.100. The van der Waals surface area contributed by atoms with E-state index in [1.165, 1.54) is 6.92 Å². The van der Waals surface area contributed by atoms with Crippen molar-refractivity contribution in [2.45, 2.75) is 6.92 Å². The summed E-state index contributed by atoms with van der Waals surface area (Å²) >= 11 is 6.77. The summed E-state index contributed by atoms with van der Waals surface area (Å²) in [6.45, 7) is 5.24. The lowest BCUT2D eigenvalue weighted by Crippen LogP contribution is -2.33. The Morgan fingerprint density at radius 3 is 2.53 bits per heavy atom. The molecule has 0 atom stereocenters. The number of halogens is 2. The number of carbonyl (C=O) groups is 1. The van der Waals surface area contributed by atoms with Crippen LogP contribution in [0.4, 0.5) is 0 Å². The molecule has 0 unspecified atom stereocenters. The summed E-state index contributed by atoms with van der Waals surface area (Å²) in [4.78, 5) is 10.7. The summed E-state index contributed by atoms with van der Waals surface area (Å²) in [5.74, 6) is -0.163. The summed E-state index contributed by atoms with van der Waals surface area (Å²) in [5.41, 5.74) is 6.71. The quantitative estimate of drug-likeness (QED) is 0.835. The predicted molar refractivity (Wildman–Crippen MR) is 67.8 cm³/mol. The highest BCUT2D eigenvalue weighted by Gasteiger charge is 2.04. The molecule has 0 saturated heterocycles. The molecule has 80 valence electrons. The van der Waals surface area contributed by atoms with Crippen LogP contribution in [0.2, 0.25) is 0 Å². The van der Waals surface area contributed by atoms with Gasteiger partial charge in [-0.1, -0.05) is 44.5 Å². The fourth-order valence-electron chi connectivity index (χ4n) is 0.965. The summed E-state index contributed by atoms with van der Waals surface area (Å²) in [7, 11) is 0. The molecule has 5 heteroatoms. The lowest BCUT2D eigenvalue weighted by atomic mass is 10.2. The Morgan fingerprint density at radius 1 is 1.33 bits per heavy atom. The zero-order valence-electron chi connectivity index (χ0n) is 8.10. The van der Waals surface area contributed by atoms with E-state index in [2.05, 4.69) is 49.3 Å². The van der Waals surface area contributed by atoms with Gasteiger partial charge in [0.25, 0.3) is 0 Å². The largest absolute Gasteiger partial charge is 0.299 e. The average molecular weight is 334 g/mol. The Hall–Kier alpha value is -0.810. The maximum absolute atomic E-state index is 10.7. The van der Waals surface area contributed by atoms with Crippen molar-refractivity contribution in [1.82, 2.24) is 10.9 Å². The van der Waals surface area contributed by atoms with E-state index in [0.717, 1.165) is 14.5 Å². The SMILES string of the molecule is C=C(NNC(C)=O)c1ccc(Br)cc1Br. The summed E-state index contributed by atoms with van der Waals surface area (Å²) in [6.07, 6.45) is 0. The smallest absolute Gasteiger partial charge is 0.235 e. The van der Waals surface area contributed by atoms with Crippen LogP contribution >= 0.6 is 31.9 Å². The van der Waals surface area contributed by atoms with Crippen LogP contribution in [0, 0.1) is 0 Å². The first-order valence-electron chi connectivity index (χ1n) is 4.17. The Bertz CT molecular complexity index is 404. The van der Waals surface area contributed by atoms with E-state index >= 15 is 0 Å². The van der Waals surface area contributed by atoms with Crippen molar-refractivity contribution >= 4 is 43.5 Å². The lowest BCUT2D eigenvalue weighted by Gasteiger charge is -2.11. The molecule has 0 fully saturated rings. The number of hydrogen-bond donors (Lipinski definition) is 2. The number of hydrazine groups is 1. The lowest BCUT2D eigenvalue weighted by molar-refractivity contribution is -0.119. The standard InChI is InChI=1S/C10H10Br2N2O/c1-6(13-14-7(2)15)9-4-3-8(11)5-10(9)12/h3-5,13H,1H2,2H3,(H,14,15). The van der Waals surface area contributed by atoms with E-state index in [-0.39, 0.29) is 5.91 Å². The van der Waals surface area contributed by atoms with E-state index in [4.69, 9.17) is 0 Å².